The number of aryl methyl sites for hydroxylation is 1. The van der Waals surface area contributed by atoms with Gasteiger partial charge < -0.3 is 24.8 Å². The van der Waals surface area contributed by atoms with Gasteiger partial charge in [0.05, 0.1) is 11.2 Å². The van der Waals surface area contributed by atoms with Crippen molar-refractivity contribution in [1.29, 1.82) is 0 Å². The summed E-state index contributed by atoms with van der Waals surface area (Å²) in [6, 6.07) is 1.99. The Labute approximate surface area is 209 Å². The van der Waals surface area contributed by atoms with Crippen molar-refractivity contribution in [3.63, 3.8) is 0 Å². The molecule has 0 atom stereocenters. The third kappa shape index (κ3) is 8.76. The van der Waals surface area contributed by atoms with Gasteiger partial charge in [-0.25, -0.2) is 4.79 Å². The van der Waals surface area contributed by atoms with Gasteiger partial charge in [0.2, 0.25) is 0 Å². The quantitative estimate of drug-likeness (QED) is 0.298. The summed E-state index contributed by atoms with van der Waals surface area (Å²) in [5, 5.41) is 10.7. The predicted molar refractivity (Wildman–Crippen MR) is 138 cm³/mol. The monoisotopic (exact) mass is 564 g/mol. The van der Waals surface area contributed by atoms with E-state index in [4.69, 9.17) is 9.26 Å². The van der Waals surface area contributed by atoms with Gasteiger partial charge in [-0.1, -0.05) is 19.0 Å². The fourth-order valence-corrected chi connectivity index (χ4v) is 3.66. The maximum absolute atomic E-state index is 12.4. The van der Waals surface area contributed by atoms with E-state index in [-0.39, 0.29) is 30.1 Å². The number of hydrogen-bond acceptors (Lipinski definition) is 6. The van der Waals surface area contributed by atoms with Crippen LogP contribution in [0, 0.1) is 6.92 Å². The van der Waals surface area contributed by atoms with Crippen LogP contribution in [0.5, 0.6) is 0 Å². The van der Waals surface area contributed by atoms with Gasteiger partial charge in [-0.05, 0) is 40.5 Å². The molecule has 9 nitrogen and oxygen atoms in total. The summed E-state index contributed by atoms with van der Waals surface area (Å²) in [5.74, 6) is 1.70. The Bertz CT molecular complexity index is 734. The molecule has 184 valence electrons. The number of rotatable bonds is 7. The second-order valence-corrected chi connectivity index (χ2v) is 9.21. The fourth-order valence-electron chi connectivity index (χ4n) is 3.66. The van der Waals surface area contributed by atoms with E-state index in [0.717, 1.165) is 63.0 Å². The zero-order chi connectivity index (χ0) is 23.1. The first-order valence-corrected chi connectivity index (χ1v) is 11.2. The van der Waals surface area contributed by atoms with Crippen LogP contribution in [0.4, 0.5) is 4.79 Å². The number of aromatic nitrogens is 1. The number of guanidine groups is 1. The van der Waals surface area contributed by atoms with Gasteiger partial charge in [0.25, 0.3) is 0 Å². The molecule has 0 saturated carbocycles. The average molecular weight is 565 g/mol. The Hall–Kier alpha value is -1.56. The van der Waals surface area contributed by atoms with Crippen LogP contribution in [0.15, 0.2) is 15.6 Å². The third-order valence-electron chi connectivity index (χ3n) is 5.65. The summed E-state index contributed by atoms with van der Waals surface area (Å²) in [6.07, 6.45) is 1.19. The SMILES string of the molecule is CCC(CC)(CNC(=NC)N1CCN(Cc2cc(C)on2)CC1)NC(=O)OC(C)(C)C.I. The van der Waals surface area contributed by atoms with E-state index >= 15 is 0 Å². The Morgan fingerprint density at radius 2 is 1.84 bits per heavy atom. The first kappa shape index (κ1) is 28.5. The molecule has 1 aromatic heterocycles. The zero-order valence-electron chi connectivity index (χ0n) is 20.7. The fraction of sp³-hybridized carbons (Fsp3) is 0.773. The number of ether oxygens (including phenoxy) is 1. The summed E-state index contributed by atoms with van der Waals surface area (Å²) in [6.45, 7) is 16.7. The molecule has 0 unspecified atom stereocenters. The van der Waals surface area contributed by atoms with Gasteiger partial charge in [-0.15, -0.1) is 24.0 Å². The van der Waals surface area contributed by atoms with Crippen molar-refractivity contribution in [2.24, 2.45) is 4.99 Å². The normalized spacial score (nSPS) is 15.8. The van der Waals surface area contributed by atoms with Crippen molar-refractivity contribution < 1.29 is 14.1 Å². The lowest BCUT2D eigenvalue weighted by atomic mass is 9.93. The minimum Gasteiger partial charge on any atom is -0.444 e. The van der Waals surface area contributed by atoms with E-state index in [9.17, 15) is 4.79 Å². The van der Waals surface area contributed by atoms with Gasteiger partial charge in [0.1, 0.15) is 11.4 Å². The summed E-state index contributed by atoms with van der Waals surface area (Å²) in [7, 11) is 1.80. The van der Waals surface area contributed by atoms with Crippen molar-refractivity contribution >= 4 is 36.0 Å². The van der Waals surface area contributed by atoms with Crippen LogP contribution < -0.4 is 10.6 Å². The molecule has 2 heterocycles. The molecule has 1 amide bonds. The highest BCUT2D eigenvalue weighted by molar-refractivity contribution is 14.0. The third-order valence-corrected chi connectivity index (χ3v) is 5.65. The second-order valence-electron chi connectivity index (χ2n) is 9.21. The average Bonchev–Trinajstić information content (AvgIpc) is 3.11. The number of nitrogens with one attached hydrogen (secondary N) is 2. The molecule has 0 radical (unpaired) electrons. The van der Waals surface area contributed by atoms with Crippen LogP contribution in [-0.4, -0.2) is 77.9 Å². The molecule has 1 saturated heterocycles. The molecule has 1 aliphatic heterocycles. The molecule has 0 spiro atoms. The minimum absolute atomic E-state index is 0. The molecular weight excluding hydrogens is 523 g/mol. The number of piperazine rings is 1. The maximum Gasteiger partial charge on any atom is 0.408 e. The highest BCUT2D eigenvalue weighted by Crippen LogP contribution is 2.17. The number of hydrogen-bond donors (Lipinski definition) is 2. The van der Waals surface area contributed by atoms with Crippen LogP contribution in [0.3, 0.4) is 0 Å². The highest BCUT2D eigenvalue weighted by Gasteiger charge is 2.31. The van der Waals surface area contributed by atoms with E-state index in [0.29, 0.717) is 6.54 Å². The summed E-state index contributed by atoms with van der Waals surface area (Å²) in [4.78, 5) is 21.5. The molecule has 0 aliphatic carbocycles. The Balaban J connectivity index is 0.00000512. The van der Waals surface area contributed by atoms with Crippen LogP contribution in [0.25, 0.3) is 0 Å². The predicted octanol–water partition coefficient (Wildman–Crippen LogP) is 3.38. The Kier molecular flexibility index (Phi) is 11.2. The standard InChI is InChI=1S/C22H40N6O3.HI/c1-8-22(9-2,25-20(29)30-21(4,5)6)16-24-19(23-7)28-12-10-27(11-13-28)15-18-14-17(3)31-26-18;/h14H,8-13,15-16H2,1-7H3,(H,23,24)(H,25,29);1H. The molecule has 2 rings (SSSR count). The van der Waals surface area contributed by atoms with Crippen molar-refractivity contribution in [2.45, 2.75) is 72.1 Å². The van der Waals surface area contributed by atoms with E-state index in [1.54, 1.807) is 7.05 Å². The number of carbonyl (C=O) groups excluding carboxylic acids is 1. The molecular formula is C22H41IN6O3. The minimum atomic E-state index is -0.523. The Morgan fingerprint density at radius 3 is 2.31 bits per heavy atom. The van der Waals surface area contributed by atoms with Crippen molar-refractivity contribution in [1.82, 2.24) is 25.6 Å². The lowest BCUT2D eigenvalue weighted by molar-refractivity contribution is 0.0448. The number of alkyl carbamates (subject to hydrolysis) is 1. The van der Waals surface area contributed by atoms with Crippen molar-refractivity contribution in [2.75, 3.05) is 39.8 Å². The number of aliphatic imine (C=N–C) groups is 1. The van der Waals surface area contributed by atoms with E-state index in [1.807, 2.05) is 33.8 Å². The molecule has 1 aliphatic rings. The first-order valence-electron chi connectivity index (χ1n) is 11.2. The summed E-state index contributed by atoms with van der Waals surface area (Å²) < 4.78 is 10.6. The van der Waals surface area contributed by atoms with Gasteiger partial charge in [-0.3, -0.25) is 9.89 Å². The maximum atomic E-state index is 12.4. The molecule has 10 heteroatoms. The van der Waals surface area contributed by atoms with Gasteiger partial charge >= 0.3 is 6.09 Å². The van der Waals surface area contributed by atoms with Gasteiger partial charge in [0.15, 0.2) is 5.96 Å². The van der Waals surface area contributed by atoms with E-state index in [1.165, 1.54) is 0 Å². The molecule has 0 aromatic carbocycles. The topological polar surface area (TPSA) is 95.2 Å². The molecule has 2 N–H and O–H groups in total. The molecule has 1 fully saturated rings. The van der Waals surface area contributed by atoms with Crippen LogP contribution in [0.2, 0.25) is 0 Å². The number of halogens is 1. The van der Waals surface area contributed by atoms with E-state index < -0.39 is 11.1 Å². The Morgan fingerprint density at radius 1 is 1.22 bits per heavy atom. The van der Waals surface area contributed by atoms with Crippen LogP contribution >= 0.6 is 24.0 Å². The summed E-state index contributed by atoms with van der Waals surface area (Å²) in [5.41, 5.74) is 0.0492. The second kappa shape index (κ2) is 12.6. The van der Waals surface area contributed by atoms with Crippen LogP contribution in [0.1, 0.15) is 58.9 Å². The lowest BCUT2D eigenvalue weighted by Gasteiger charge is -2.38. The summed E-state index contributed by atoms with van der Waals surface area (Å²) >= 11 is 0. The smallest absolute Gasteiger partial charge is 0.408 e. The zero-order valence-corrected chi connectivity index (χ0v) is 23.0. The largest absolute Gasteiger partial charge is 0.444 e. The van der Waals surface area contributed by atoms with Crippen molar-refractivity contribution in [3.05, 3.63) is 17.5 Å². The lowest BCUT2D eigenvalue weighted by Crippen LogP contribution is -2.59. The molecule has 0 bridgehead atoms. The van der Waals surface area contributed by atoms with Gasteiger partial charge in [-0.2, -0.15) is 0 Å². The number of nitrogens with zero attached hydrogens (tertiary/aromatic N) is 4. The number of amides is 1. The molecule has 32 heavy (non-hydrogen) atoms. The van der Waals surface area contributed by atoms with E-state index in [2.05, 4.69) is 44.4 Å². The highest BCUT2D eigenvalue weighted by atomic mass is 127. The van der Waals surface area contributed by atoms with Crippen molar-refractivity contribution in [3.8, 4) is 0 Å². The number of carbonyl (C=O) groups is 1. The van der Waals surface area contributed by atoms with Gasteiger partial charge in [0, 0.05) is 52.4 Å². The van der Waals surface area contributed by atoms with Crippen LogP contribution in [-0.2, 0) is 11.3 Å². The first-order chi connectivity index (χ1) is 14.6. The molecule has 1 aromatic rings.